The number of carbonyl (C=O) groups is 1. The summed E-state index contributed by atoms with van der Waals surface area (Å²) in [7, 11) is 0. The first-order valence-corrected chi connectivity index (χ1v) is 9.03. The van der Waals surface area contributed by atoms with Crippen LogP contribution in [0.3, 0.4) is 0 Å². The molecule has 6 nitrogen and oxygen atoms in total. The van der Waals surface area contributed by atoms with Crippen LogP contribution in [0.15, 0.2) is 46.9 Å². The van der Waals surface area contributed by atoms with Crippen LogP contribution in [0.1, 0.15) is 16.8 Å². The Labute approximate surface area is 164 Å². The van der Waals surface area contributed by atoms with Gasteiger partial charge in [-0.25, -0.2) is 0 Å². The van der Waals surface area contributed by atoms with Crippen molar-refractivity contribution in [1.29, 1.82) is 0 Å². The highest BCUT2D eigenvalue weighted by atomic mass is 35.5. The van der Waals surface area contributed by atoms with Crippen LogP contribution in [0, 0.1) is 0 Å². The number of anilines is 1. The highest BCUT2D eigenvalue weighted by molar-refractivity contribution is 6.31. The van der Waals surface area contributed by atoms with Crippen molar-refractivity contribution in [2.75, 3.05) is 18.4 Å². The molecule has 1 amide bonds. The standard InChI is InChI=1S/C19H16ClF2N3O3/c20-11-5-6-14-16(9-11)28-19(24-14)23-12-7-8-25(10-12)17(26)13-3-1-2-4-15(13)27-18(21)22/h1-6,9,12,18H,7-8,10H2,(H,23,24). The maximum absolute atomic E-state index is 12.7. The monoisotopic (exact) mass is 407 g/mol. The summed E-state index contributed by atoms with van der Waals surface area (Å²) < 4.78 is 35.3. The number of nitrogens with zero attached hydrogens (tertiary/aromatic N) is 2. The minimum Gasteiger partial charge on any atom is -0.434 e. The zero-order valence-corrected chi connectivity index (χ0v) is 15.3. The molecule has 0 radical (unpaired) electrons. The topological polar surface area (TPSA) is 67.6 Å². The van der Waals surface area contributed by atoms with E-state index in [0.717, 1.165) is 0 Å². The molecule has 1 atom stereocenters. The van der Waals surface area contributed by atoms with Crippen molar-refractivity contribution in [3.63, 3.8) is 0 Å². The van der Waals surface area contributed by atoms with E-state index < -0.39 is 6.61 Å². The summed E-state index contributed by atoms with van der Waals surface area (Å²) in [6, 6.07) is 11.4. The van der Waals surface area contributed by atoms with Gasteiger partial charge >= 0.3 is 6.61 Å². The number of halogens is 3. The maximum atomic E-state index is 12.7. The number of para-hydroxylation sites is 1. The van der Waals surface area contributed by atoms with Gasteiger partial charge in [-0.2, -0.15) is 13.8 Å². The zero-order chi connectivity index (χ0) is 19.7. The lowest BCUT2D eigenvalue weighted by Crippen LogP contribution is -2.32. The van der Waals surface area contributed by atoms with Gasteiger partial charge in [-0.05, 0) is 30.7 Å². The third kappa shape index (κ3) is 3.87. The third-order valence-electron chi connectivity index (χ3n) is 4.49. The van der Waals surface area contributed by atoms with Gasteiger partial charge in [0.05, 0.1) is 5.56 Å². The number of aromatic nitrogens is 1. The number of hydrogen-bond acceptors (Lipinski definition) is 5. The summed E-state index contributed by atoms with van der Waals surface area (Å²) in [4.78, 5) is 18.7. The molecule has 1 fully saturated rings. The van der Waals surface area contributed by atoms with Gasteiger partial charge in [-0.15, -0.1) is 0 Å². The van der Waals surface area contributed by atoms with Crippen molar-refractivity contribution >= 4 is 34.6 Å². The Morgan fingerprint density at radius 3 is 2.96 bits per heavy atom. The molecule has 2 aromatic carbocycles. The molecule has 9 heteroatoms. The molecule has 2 heterocycles. The van der Waals surface area contributed by atoms with Gasteiger partial charge in [-0.3, -0.25) is 4.79 Å². The van der Waals surface area contributed by atoms with Gasteiger partial charge in [-0.1, -0.05) is 23.7 Å². The predicted molar refractivity (Wildman–Crippen MR) is 100 cm³/mol. The molecule has 0 bridgehead atoms. The Bertz CT molecular complexity index is 1010. The van der Waals surface area contributed by atoms with Crippen molar-refractivity contribution in [3.05, 3.63) is 53.1 Å². The minimum atomic E-state index is -2.99. The molecule has 0 saturated carbocycles. The number of ether oxygens (including phenoxy) is 1. The third-order valence-corrected chi connectivity index (χ3v) is 4.72. The number of alkyl halides is 2. The van der Waals surface area contributed by atoms with E-state index in [1.54, 1.807) is 35.2 Å². The fourth-order valence-corrected chi connectivity index (χ4v) is 3.37. The highest BCUT2D eigenvalue weighted by Crippen LogP contribution is 2.26. The summed E-state index contributed by atoms with van der Waals surface area (Å²) >= 11 is 5.95. The zero-order valence-electron chi connectivity index (χ0n) is 14.6. The summed E-state index contributed by atoms with van der Waals surface area (Å²) in [5, 5.41) is 3.72. The van der Waals surface area contributed by atoms with E-state index in [1.165, 1.54) is 12.1 Å². The van der Waals surface area contributed by atoms with Crippen LogP contribution < -0.4 is 10.1 Å². The molecule has 0 aliphatic carbocycles. The molecule has 1 N–H and O–H groups in total. The number of oxazole rings is 1. The Morgan fingerprint density at radius 2 is 2.14 bits per heavy atom. The number of likely N-dealkylation sites (tertiary alicyclic amines) is 1. The van der Waals surface area contributed by atoms with Crippen molar-refractivity contribution in [1.82, 2.24) is 9.88 Å². The molecule has 1 unspecified atom stereocenters. The fraction of sp³-hybridized carbons (Fsp3) is 0.263. The molecular formula is C19H16ClF2N3O3. The molecule has 1 aliphatic rings. The normalized spacial score (nSPS) is 16.7. The lowest BCUT2D eigenvalue weighted by Gasteiger charge is -2.18. The van der Waals surface area contributed by atoms with Gasteiger partial charge < -0.3 is 19.4 Å². The summed E-state index contributed by atoms with van der Waals surface area (Å²) in [5.74, 6) is -0.486. The smallest absolute Gasteiger partial charge is 0.387 e. The first-order chi connectivity index (χ1) is 13.5. The van der Waals surface area contributed by atoms with Gasteiger partial charge in [0, 0.05) is 30.2 Å². The molecule has 0 spiro atoms. The number of carbonyl (C=O) groups excluding carboxylic acids is 1. The molecule has 1 aliphatic heterocycles. The van der Waals surface area contributed by atoms with Crippen LogP contribution >= 0.6 is 11.6 Å². The van der Waals surface area contributed by atoms with E-state index in [0.29, 0.717) is 41.6 Å². The summed E-state index contributed by atoms with van der Waals surface area (Å²) in [6.45, 7) is -2.12. The Hall–Kier alpha value is -2.87. The van der Waals surface area contributed by atoms with Crippen molar-refractivity contribution in [2.24, 2.45) is 0 Å². The molecule has 146 valence electrons. The largest absolute Gasteiger partial charge is 0.434 e. The molecule has 3 aromatic rings. The molecular weight excluding hydrogens is 392 g/mol. The average molecular weight is 408 g/mol. The second-order valence-corrected chi connectivity index (χ2v) is 6.82. The van der Waals surface area contributed by atoms with Crippen LogP contribution in [-0.2, 0) is 0 Å². The predicted octanol–water partition coefficient (Wildman–Crippen LogP) is 4.41. The second-order valence-electron chi connectivity index (χ2n) is 6.39. The van der Waals surface area contributed by atoms with Gasteiger partial charge in [0.2, 0.25) is 0 Å². The van der Waals surface area contributed by atoms with Gasteiger partial charge in [0.15, 0.2) is 5.58 Å². The first kappa shape index (κ1) is 18.5. The number of rotatable bonds is 5. The first-order valence-electron chi connectivity index (χ1n) is 8.65. The molecule has 1 saturated heterocycles. The van der Waals surface area contributed by atoms with Crippen LogP contribution in [0.5, 0.6) is 5.75 Å². The number of amides is 1. The van der Waals surface area contributed by atoms with Gasteiger partial charge in [0.25, 0.3) is 11.9 Å². The van der Waals surface area contributed by atoms with E-state index in [9.17, 15) is 13.6 Å². The maximum Gasteiger partial charge on any atom is 0.387 e. The number of nitrogens with one attached hydrogen (secondary N) is 1. The summed E-state index contributed by atoms with van der Waals surface area (Å²) in [5.41, 5.74) is 1.36. The van der Waals surface area contributed by atoms with Crippen LogP contribution in [0.25, 0.3) is 11.1 Å². The van der Waals surface area contributed by atoms with E-state index >= 15 is 0 Å². The number of fused-ring (bicyclic) bond motifs is 1. The molecule has 28 heavy (non-hydrogen) atoms. The Morgan fingerprint density at radius 1 is 1.32 bits per heavy atom. The fourth-order valence-electron chi connectivity index (χ4n) is 3.21. The lowest BCUT2D eigenvalue weighted by molar-refractivity contribution is -0.0502. The minimum absolute atomic E-state index is 0.0735. The lowest BCUT2D eigenvalue weighted by atomic mass is 10.2. The SMILES string of the molecule is O=C(c1ccccc1OC(F)F)N1CCC(Nc2nc3ccc(Cl)cc3o2)C1. The van der Waals surface area contributed by atoms with Crippen molar-refractivity contribution in [2.45, 2.75) is 19.1 Å². The number of hydrogen-bond donors (Lipinski definition) is 1. The molecule has 1 aromatic heterocycles. The van der Waals surface area contributed by atoms with Crippen molar-refractivity contribution in [3.8, 4) is 5.75 Å². The van der Waals surface area contributed by atoms with E-state index in [2.05, 4.69) is 15.0 Å². The Kier molecular flexibility index (Phi) is 5.04. The molecule has 4 rings (SSSR count). The Balaban J connectivity index is 1.44. The van der Waals surface area contributed by atoms with Crippen molar-refractivity contribution < 1.29 is 22.7 Å². The quantitative estimate of drug-likeness (QED) is 0.678. The second kappa shape index (κ2) is 7.63. The van der Waals surface area contributed by atoms with E-state index in [1.807, 2.05) is 0 Å². The van der Waals surface area contributed by atoms with Gasteiger partial charge in [0.1, 0.15) is 11.3 Å². The van der Waals surface area contributed by atoms with Crippen LogP contribution in [-0.4, -0.2) is 41.5 Å². The summed E-state index contributed by atoms with van der Waals surface area (Å²) in [6.07, 6.45) is 0.670. The van der Waals surface area contributed by atoms with Crippen LogP contribution in [0.4, 0.5) is 14.8 Å². The van der Waals surface area contributed by atoms with Crippen LogP contribution in [0.2, 0.25) is 5.02 Å². The van der Waals surface area contributed by atoms with E-state index in [4.69, 9.17) is 16.0 Å². The average Bonchev–Trinajstić information content (AvgIpc) is 3.27. The van der Waals surface area contributed by atoms with E-state index in [-0.39, 0.29) is 23.3 Å². The number of benzene rings is 2. The highest BCUT2D eigenvalue weighted by Gasteiger charge is 2.29.